The highest BCUT2D eigenvalue weighted by Gasteiger charge is 2.10. The first-order chi connectivity index (χ1) is 8.78. The van der Waals surface area contributed by atoms with Crippen LogP contribution in [0, 0.1) is 0 Å². The molecule has 0 aromatic carbocycles. The summed E-state index contributed by atoms with van der Waals surface area (Å²) in [6.07, 6.45) is 5.15. The second-order valence-electron chi connectivity index (χ2n) is 3.96. The van der Waals surface area contributed by atoms with Crippen LogP contribution in [-0.2, 0) is 19.4 Å². The Morgan fingerprint density at radius 1 is 1.17 bits per heavy atom. The molecule has 0 radical (unpaired) electrons. The number of aromatic nitrogens is 5. The molecule has 0 fully saturated rings. The first kappa shape index (κ1) is 12.6. The van der Waals surface area contributed by atoms with Crippen molar-refractivity contribution in [3.63, 3.8) is 0 Å². The van der Waals surface area contributed by atoms with Crippen LogP contribution in [0.3, 0.4) is 0 Å². The monoisotopic (exact) mass is 246 g/mol. The molecule has 6 heteroatoms. The lowest BCUT2D eigenvalue weighted by Gasteiger charge is -2.04. The van der Waals surface area contributed by atoms with Gasteiger partial charge in [-0.2, -0.15) is 4.68 Å². The first-order valence-electron chi connectivity index (χ1n) is 6.19. The highest BCUT2D eigenvalue weighted by atomic mass is 15.4. The SMILES string of the molecule is CCc1nc(CC)n(-c2cnc(CNC)cn2)n1. The van der Waals surface area contributed by atoms with E-state index in [0.717, 1.165) is 36.0 Å². The Kier molecular flexibility index (Phi) is 3.99. The zero-order chi connectivity index (χ0) is 13.0. The molecule has 96 valence electrons. The zero-order valence-corrected chi connectivity index (χ0v) is 11.0. The number of nitrogens with zero attached hydrogens (tertiary/aromatic N) is 5. The van der Waals surface area contributed by atoms with Crippen LogP contribution in [0.1, 0.15) is 31.2 Å². The lowest BCUT2D eigenvalue weighted by Crippen LogP contribution is -2.10. The van der Waals surface area contributed by atoms with Gasteiger partial charge in [-0.25, -0.2) is 9.97 Å². The molecule has 0 spiro atoms. The third-order valence-electron chi connectivity index (χ3n) is 2.62. The summed E-state index contributed by atoms with van der Waals surface area (Å²) in [7, 11) is 1.88. The maximum absolute atomic E-state index is 4.45. The van der Waals surface area contributed by atoms with Crippen LogP contribution in [0.5, 0.6) is 0 Å². The molecule has 1 N–H and O–H groups in total. The molecule has 0 saturated carbocycles. The Labute approximate surface area is 106 Å². The quantitative estimate of drug-likeness (QED) is 0.849. The molecule has 0 amide bonds. The number of rotatable bonds is 5. The van der Waals surface area contributed by atoms with Crippen molar-refractivity contribution in [3.05, 3.63) is 29.7 Å². The highest BCUT2D eigenvalue weighted by molar-refractivity contribution is 5.19. The molecule has 0 unspecified atom stereocenters. The number of nitrogens with one attached hydrogen (secondary N) is 1. The summed E-state index contributed by atoms with van der Waals surface area (Å²) in [5, 5.41) is 7.47. The van der Waals surface area contributed by atoms with Gasteiger partial charge in [0.25, 0.3) is 0 Å². The molecule has 0 saturated heterocycles. The summed E-state index contributed by atoms with van der Waals surface area (Å²) >= 11 is 0. The smallest absolute Gasteiger partial charge is 0.174 e. The molecule has 0 aliphatic heterocycles. The molecule has 0 aliphatic carbocycles. The maximum Gasteiger partial charge on any atom is 0.174 e. The minimum atomic E-state index is 0.714. The molecular formula is C12H18N6. The van der Waals surface area contributed by atoms with Crippen molar-refractivity contribution < 1.29 is 0 Å². The first-order valence-corrected chi connectivity index (χ1v) is 6.19. The van der Waals surface area contributed by atoms with Gasteiger partial charge in [0, 0.05) is 19.4 Å². The van der Waals surface area contributed by atoms with Crippen molar-refractivity contribution in [2.75, 3.05) is 7.05 Å². The summed E-state index contributed by atoms with van der Waals surface area (Å²) in [6, 6.07) is 0. The van der Waals surface area contributed by atoms with Crippen LogP contribution in [0.15, 0.2) is 12.4 Å². The average molecular weight is 246 g/mol. The lowest BCUT2D eigenvalue weighted by molar-refractivity contribution is 0.744. The summed E-state index contributed by atoms with van der Waals surface area (Å²) in [4.78, 5) is 13.2. The van der Waals surface area contributed by atoms with Gasteiger partial charge in [-0.05, 0) is 7.05 Å². The molecular weight excluding hydrogens is 228 g/mol. The average Bonchev–Trinajstić information content (AvgIpc) is 2.83. The van der Waals surface area contributed by atoms with Gasteiger partial charge in [-0.3, -0.25) is 4.98 Å². The van der Waals surface area contributed by atoms with E-state index in [-0.39, 0.29) is 0 Å². The van der Waals surface area contributed by atoms with Crippen molar-refractivity contribution in [3.8, 4) is 5.82 Å². The Hall–Kier alpha value is -1.82. The topological polar surface area (TPSA) is 68.5 Å². The van der Waals surface area contributed by atoms with Gasteiger partial charge < -0.3 is 5.32 Å². The van der Waals surface area contributed by atoms with Crippen LogP contribution >= 0.6 is 0 Å². The Morgan fingerprint density at radius 2 is 2.00 bits per heavy atom. The van der Waals surface area contributed by atoms with Crippen LogP contribution in [-0.4, -0.2) is 31.8 Å². The van der Waals surface area contributed by atoms with E-state index in [1.165, 1.54) is 0 Å². The van der Waals surface area contributed by atoms with Crippen molar-refractivity contribution in [2.45, 2.75) is 33.2 Å². The van der Waals surface area contributed by atoms with Gasteiger partial charge in [-0.1, -0.05) is 13.8 Å². The van der Waals surface area contributed by atoms with Gasteiger partial charge >= 0.3 is 0 Å². The van der Waals surface area contributed by atoms with Gasteiger partial charge in [0.05, 0.1) is 18.1 Å². The molecule has 0 bridgehead atoms. The fourth-order valence-electron chi connectivity index (χ4n) is 1.68. The second kappa shape index (κ2) is 5.68. The van der Waals surface area contributed by atoms with E-state index in [1.807, 2.05) is 14.0 Å². The van der Waals surface area contributed by atoms with E-state index in [2.05, 4.69) is 32.3 Å². The van der Waals surface area contributed by atoms with E-state index in [9.17, 15) is 0 Å². The lowest BCUT2D eigenvalue weighted by atomic mass is 10.4. The van der Waals surface area contributed by atoms with Crippen molar-refractivity contribution in [2.24, 2.45) is 0 Å². The standard InChI is InChI=1S/C12H18N6/c1-4-10-16-11(5-2)18(17-10)12-8-14-9(6-13-3)7-15-12/h7-8,13H,4-6H2,1-3H3. The van der Waals surface area contributed by atoms with Gasteiger partial charge in [0.2, 0.25) is 0 Å². The van der Waals surface area contributed by atoms with E-state index < -0.39 is 0 Å². The minimum absolute atomic E-state index is 0.714. The van der Waals surface area contributed by atoms with Gasteiger partial charge in [0.15, 0.2) is 11.6 Å². The fraction of sp³-hybridized carbons (Fsp3) is 0.500. The zero-order valence-electron chi connectivity index (χ0n) is 11.0. The van der Waals surface area contributed by atoms with Crippen molar-refractivity contribution >= 4 is 0 Å². The summed E-state index contributed by atoms with van der Waals surface area (Å²) in [5.41, 5.74) is 0.912. The van der Waals surface area contributed by atoms with E-state index >= 15 is 0 Å². The van der Waals surface area contributed by atoms with E-state index in [1.54, 1.807) is 17.1 Å². The van der Waals surface area contributed by atoms with Crippen molar-refractivity contribution in [1.29, 1.82) is 0 Å². The highest BCUT2D eigenvalue weighted by Crippen LogP contribution is 2.08. The van der Waals surface area contributed by atoms with E-state index in [0.29, 0.717) is 6.54 Å². The second-order valence-corrected chi connectivity index (χ2v) is 3.96. The summed E-state index contributed by atoms with van der Waals surface area (Å²) in [5.74, 6) is 2.48. The Bertz CT molecular complexity index is 502. The summed E-state index contributed by atoms with van der Waals surface area (Å²) in [6.45, 7) is 4.81. The number of aryl methyl sites for hydroxylation is 2. The predicted octanol–water partition coefficient (Wildman–Crippen LogP) is 0.901. The predicted molar refractivity (Wildman–Crippen MR) is 68.5 cm³/mol. The molecule has 0 aliphatic rings. The van der Waals surface area contributed by atoms with Gasteiger partial charge in [0.1, 0.15) is 5.82 Å². The number of hydrogen-bond donors (Lipinski definition) is 1. The largest absolute Gasteiger partial charge is 0.314 e. The molecule has 6 nitrogen and oxygen atoms in total. The van der Waals surface area contributed by atoms with Gasteiger partial charge in [-0.15, -0.1) is 5.10 Å². The molecule has 2 aromatic rings. The van der Waals surface area contributed by atoms with Crippen molar-refractivity contribution in [1.82, 2.24) is 30.0 Å². The third-order valence-corrected chi connectivity index (χ3v) is 2.62. The minimum Gasteiger partial charge on any atom is -0.314 e. The van der Waals surface area contributed by atoms with Crippen LogP contribution in [0.4, 0.5) is 0 Å². The molecule has 2 aromatic heterocycles. The van der Waals surface area contributed by atoms with Crippen LogP contribution < -0.4 is 5.32 Å². The number of hydrogen-bond acceptors (Lipinski definition) is 5. The summed E-state index contributed by atoms with van der Waals surface area (Å²) < 4.78 is 1.77. The molecule has 2 rings (SSSR count). The van der Waals surface area contributed by atoms with Crippen LogP contribution in [0.2, 0.25) is 0 Å². The molecule has 18 heavy (non-hydrogen) atoms. The normalized spacial score (nSPS) is 10.8. The molecule has 0 atom stereocenters. The van der Waals surface area contributed by atoms with E-state index in [4.69, 9.17) is 0 Å². The maximum atomic E-state index is 4.45. The Morgan fingerprint density at radius 3 is 2.56 bits per heavy atom. The fourth-order valence-corrected chi connectivity index (χ4v) is 1.68. The Balaban J connectivity index is 2.32. The third kappa shape index (κ3) is 2.53. The van der Waals surface area contributed by atoms with Crippen LogP contribution in [0.25, 0.3) is 5.82 Å². The molecule has 2 heterocycles.